The second kappa shape index (κ2) is 7.37. The average molecular weight is 518 g/mol. The minimum absolute atomic E-state index is 0.0279. The molecule has 7 heteroatoms. The minimum Gasteiger partial charge on any atom is -0.493 e. The topological polar surface area (TPSA) is 63.2 Å². The summed E-state index contributed by atoms with van der Waals surface area (Å²) in [7, 11) is 3.15. The molecule has 0 saturated carbocycles. The van der Waals surface area contributed by atoms with E-state index < -0.39 is 12.0 Å². The second-order valence-corrected chi connectivity index (χ2v) is 8.26. The fourth-order valence-electron chi connectivity index (χ4n) is 4.39. The summed E-state index contributed by atoms with van der Waals surface area (Å²) in [6, 6.07) is 7.28. The molecule has 0 saturated heterocycles. The molecule has 0 spiro atoms. The van der Waals surface area contributed by atoms with Gasteiger partial charge in [0.1, 0.15) is 36.1 Å². The van der Waals surface area contributed by atoms with Crippen LogP contribution in [0.25, 0.3) is 0 Å². The van der Waals surface area contributed by atoms with E-state index in [1.165, 1.54) is 0 Å². The highest BCUT2D eigenvalue weighted by molar-refractivity contribution is 14.1. The van der Waals surface area contributed by atoms with Crippen LogP contribution in [-0.2, 0) is 6.42 Å². The van der Waals surface area contributed by atoms with Crippen LogP contribution in [-0.4, -0.2) is 38.8 Å². The molecule has 3 atom stereocenters. The molecule has 0 fully saturated rings. The van der Waals surface area contributed by atoms with Crippen molar-refractivity contribution in [3.63, 3.8) is 0 Å². The Morgan fingerprint density at radius 3 is 2.63 bits per heavy atom. The molecule has 0 aliphatic carbocycles. The van der Waals surface area contributed by atoms with Crippen LogP contribution in [0.1, 0.15) is 34.3 Å². The Morgan fingerprint density at radius 2 is 1.90 bits per heavy atom. The van der Waals surface area contributed by atoms with Crippen LogP contribution in [0, 0.1) is 0 Å². The van der Waals surface area contributed by atoms with Gasteiger partial charge in [-0.1, -0.05) is 22.6 Å². The first kappa shape index (κ1) is 19.5. The van der Waals surface area contributed by atoms with Crippen LogP contribution in [0.4, 0.5) is 0 Å². The minimum atomic E-state index is -0.451. The Labute approximate surface area is 188 Å². The van der Waals surface area contributed by atoms with Crippen LogP contribution in [0.15, 0.2) is 33.9 Å². The first-order valence-electron chi connectivity index (χ1n) is 9.74. The van der Waals surface area contributed by atoms with Gasteiger partial charge in [-0.2, -0.15) is 0 Å². The van der Waals surface area contributed by atoms with E-state index in [2.05, 4.69) is 22.6 Å². The number of carbonyl (C=O) groups excluding carboxylic acids is 1. The molecule has 3 heterocycles. The molecule has 30 heavy (non-hydrogen) atoms. The predicted molar refractivity (Wildman–Crippen MR) is 119 cm³/mol. The third-order valence-electron chi connectivity index (χ3n) is 6.00. The number of halogens is 1. The average Bonchev–Trinajstić information content (AvgIpc) is 3.22. The van der Waals surface area contributed by atoms with Crippen molar-refractivity contribution in [2.75, 3.05) is 20.8 Å². The number of fused-ring (bicyclic) bond motifs is 6. The zero-order chi connectivity index (χ0) is 21.0. The standard InChI is InChI=1S/C23H21IO6/c1-11(9-24)16-7-14-15(29-16)5-4-12-22(25)21-13-6-18(26-2)19(27-3)8-17(13)28-10-20(21)30-23(12)14/h4-6,8-9,16,20-21H,7,10H2,1-3H3/b11-9-/t16?,20-,21+/m1/s1/i24-2. The molecule has 2 aromatic rings. The van der Waals surface area contributed by atoms with Crippen molar-refractivity contribution in [2.24, 2.45) is 0 Å². The number of rotatable bonds is 3. The van der Waals surface area contributed by atoms with Crippen LogP contribution in [0.5, 0.6) is 28.7 Å². The van der Waals surface area contributed by atoms with Gasteiger partial charge in [0.25, 0.3) is 0 Å². The maximum Gasteiger partial charge on any atom is 0.178 e. The summed E-state index contributed by atoms with van der Waals surface area (Å²) in [6.45, 7) is 2.34. The van der Waals surface area contributed by atoms with Crippen molar-refractivity contribution < 1.29 is 28.5 Å². The number of ketones is 1. The number of methoxy groups -OCH3 is 2. The highest BCUT2D eigenvalue weighted by atomic mass is 125. The molecule has 0 amide bonds. The summed E-state index contributed by atoms with van der Waals surface area (Å²) >= 11 is 2.22. The SMILES string of the molecule is COc1cc2c(cc1OC)[C@@H]1C(=O)c3ccc4c(c3O[C@@H]1CO2)CC(/C(C)=C\[125I])O4. The van der Waals surface area contributed by atoms with Gasteiger partial charge in [0.15, 0.2) is 17.3 Å². The van der Waals surface area contributed by atoms with E-state index in [4.69, 9.17) is 23.7 Å². The molecule has 2 aromatic carbocycles. The summed E-state index contributed by atoms with van der Waals surface area (Å²) in [5.41, 5.74) is 3.47. The Balaban J connectivity index is 1.56. The lowest BCUT2D eigenvalue weighted by atomic mass is 9.81. The lowest BCUT2D eigenvalue weighted by molar-refractivity contribution is 0.0554. The van der Waals surface area contributed by atoms with Crippen molar-refractivity contribution in [1.29, 1.82) is 0 Å². The first-order chi connectivity index (χ1) is 14.5. The molecule has 6 nitrogen and oxygen atoms in total. The Morgan fingerprint density at radius 1 is 1.13 bits per heavy atom. The number of Topliss-reactive ketones (excluding diaryl/α,β-unsaturated/α-hetero) is 1. The Kier molecular flexibility index (Phi) is 4.80. The number of hydrogen-bond donors (Lipinski definition) is 0. The number of hydrogen-bond acceptors (Lipinski definition) is 6. The smallest absolute Gasteiger partial charge is 0.178 e. The third kappa shape index (κ3) is 2.85. The predicted octanol–water partition coefficient (Wildman–Crippen LogP) is 4.47. The van der Waals surface area contributed by atoms with Gasteiger partial charge >= 0.3 is 0 Å². The number of benzene rings is 2. The normalized spacial score (nSPS) is 23.8. The maximum atomic E-state index is 13.6. The molecule has 0 radical (unpaired) electrons. The summed E-state index contributed by atoms with van der Waals surface area (Å²) in [6.07, 6.45) is 0.263. The molecule has 5 rings (SSSR count). The second-order valence-electron chi connectivity index (χ2n) is 7.64. The lowest BCUT2D eigenvalue weighted by Crippen LogP contribution is -2.43. The van der Waals surface area contributed by atoms with Gasteiger partial charge in [-0.3, -0.25) is 4.79 Å². The third-order valence-corrected chi connectivity index (χ3v) is 6.98. The molecule has 1 unspecified atom stereocenters. The van der Waals surface area contributed by atoms with Crippen molar-refractivity contribution in [2.45, 2.75) is 31.5 Å². The summed E-state index contributed by atoms with van der Waals surface area (Å²) < 4.78 is 31.2. The monoisotopic (exact) mass is 518 g/mol. The summed E-state index contributed by atoms with van der Waals surface area (Å²) in [5, 5.41) is 0. The van der Waals surface area contributed by atoms with E-state index in [1.807, 2.05) is 29.2 Å². The molecule has 3 aliphatic rings. The molecular weight excluding hydrogens is 497 g/mol. The quantitative estimate of drug-likeness (QED) is 0.560. The maximum absolute atomic E-state index is 13.6. The van der Waals surface area contributed by atoms with E-state index in [-0.39, 0.29) is 11.9 Å². The highest BCUT2D eigenvalue weighted by Crippen LogP contribution is 2.49. The van der Waals surface area contributed by atoms with E-state index in [1.54, 1.807) is 20.3 Å². The van der Waals surface area contributed by atoms with Crippen LogP contribution in [0.3, 0.4) is 0 Å². The van der Waals surface area contributed by atoms with Gasteiger partial charge < -0.3 is 23.7 Å². The van der Waals surface area contributed by atoms with Gasteiger partial charge in [-0.15, -0.1) is 0 Å². The summed E-state index contributed by atoms with van der Waals surface area (Å²) in [4.78, 5) is 13.6. The van der Waals surface area contributed by atoms with Crippen molar-refractivity contribution in [3.05, 3.63) is 50.6 Å². The van der Waals surface area contributed by atoms with Gasteiger partial charge in [0.2, 0.25) is 0 Å². The van der Waals surface area contributed by atoms with Crippen LogP contribution in [0.2, 0.25) is 0 Å². The molecule has 0 bridgehead atoms. The van der Waals surface area contributed by atoms with Crippen molar-refractivity contribution in [3.8, 4) is 28.7 Å². The van der Waals surface area contributed by atoms with Crippen LogP contribution < -0.4 is 23.7 Å². The molecule has 156 valence electrons. The fraction of sp³-hybridized carbons (Fsp3) is 0.348. The van der Waals surface area contributed by atoms with E-state index in [9.17, 15) is 4.79 Å². The van der Waals surface area contributed by atoms with Crippen molar-refractivity contribution in [1.82, 2.24) is 0 Å². The van der Waals surface area contributed by atoms with E-state index in [0.29, 0.717) is 41.6 Å². The fourth-order valence-corrected chi connectivity index (χ4v) is 4.79. The van der Waals surface area contributed by atoms with Gasteiger partial charge in [-0.25, -0.2) is 0 Å². The number of carbonyl (C=O) groups is 1. The van der Waals surface area contributed by atoms with Gasteiger partial charge in [0.05, 0.1) is 25.7 Å². The van der Waals surface area contributed by atoms with Gasteiger partial charge in [0, 0.05) is 23.6 Å². The molecule has 0 N–H and O–H groups in total. The molecule has 3 aliphatic heterocycles. The zero-order valence-electron chi connectivity index (χ0n) is 16.9. The molecular formula is C23H21IO6. The van der Waals surface area contributed by atoms with E-state index in [0.717, 1.165) is 22.4 Å². The Bertz CT molecular complexity index is 1080. The number of ether oxygens (including phenoxy) is 5. The van der Waals surface area contributed by atoms with Crippen molar-refractivity contribution >= 4 is 28.4 Å². The molecule has 0 aromatic heterocycles. The first-order valence-corrected chi connectivity index (χ1v) is 11.0. The van der Waals surface area contributed by atoms with Crippen LogP contribution >= 0.6 is 22.6 Å². The van der Waals surface area contributed by atoms with E-state index >= 15 is 0 Å². The highest BCUT2D eigenvalue weighted by Gasteiger charge is 2.45. The summed E-state index contributed by atoms with van der Waals surface area (Å²) in [5.74, 6) is 2.76. The van der Waals surface area contributed by atoms with Gasteiger partial charge in [-0.05, 0) is 34.8 Å². The lowest BCUT2D eigenvalue weighted by Gasteiger charge is -2.37. The Hall–Kier alpha value is -2.42. The zero-order valence-corrected chi connectivity index (χ0v) is 19.0. The largest absolute Gasteiger partial charge is 0.493 e.